The second-order valence-corrected chi connectivity index (χ2v) is 7.33. The number of anilines is 1. The molecule has 0 spiro atoms. The maximum Gasteiger partial charge on any atom is 0.407 e. The number of amides is 1. The Hall–Kier alpha value is -1.56. The first-order valence-corrected chi connectivity index (χ1v) is 8.29. The highest BCUT2D eigenvalue weighted by Gasteiger charge is 2.25. The van der Waals surface area contributed by atoms with Crippen molar-refractivity contribution < 1.29 is 9.53 Å². The second kappa shape index (κ2) is 6.91. The van der Waals surface area contributed by atoms with Gasteiger partial charge in [0.2, 0.25) is 0 Å². The SMILES string of the molecule is Cc1c(Cl)nnc(N2CCC(NC(=O)OC(C)(C)C)CC2)c1C. The molecule has 1 saturated heterocycles. The Morgan fingerprint density at radius 2 is 1.83 bits per heavy atom. The Kier molecular flexibility index (Phi) is 5.34. The summed E-state index contributed by atoms with van der Waals surface area (Å²) in [6.45, 7) is 11.2. The number of nitrogens with one attached hydrogen (secondary N) is 1. The van der Waals surface area contributed by atoms with E-state index in [4.69, 9.17) is 16.3 Å². The summed E-state index contributed by atoms with van der Waals surface area (Å²) >= 11 is 6.00. The summed E-state index contributed by atoms with van der Waals surface area (Å²) in [5.74, 6) is 0.877. The summed E-state index contributed by atoms with van der Waals surface area (Å²) < 4.78 is 5.30. The number of aromatic nitrogens is 2. The molecule has 23 heavy (non-hydrogen) atoms. The van der Waals surface area contributed by atoms with Crippen LogP contribution in [0.5, 0.6) is 0 Å². The number of nitrogens with zero attached hydrogens (tertiary/aromatic N) is 3. The Morgan fingerprint density at radius 1 is 1.22 bits per heavy atom. The van der Waals surface area contributed by atoms with Gasteiger partial charge in [0.15, 0.2) is 11.0 Å². The lowest BCUT2D eigenvalue weighted by atomic mass is 10.0. The molecule has 1 N–H and O–H groups in total. The van der Waals surface area contributed by atoms with Crippen LogP contribution < -0.4 is 10.2 Å². The van der Waals surface area contributed by atoms with Crippen LogP contribution in [0, 0.1) is 13.8 Å². The molecule has 1 fully saturated rings. The predicted octanol–water partition coefficient (Wildman–Crippen LogP) is 3.24. The minimum atomic E-state index is -0.474. The number of carbonyl (C=O) groups excluding carboxylic acids is 1. The molecule has 0 atom stereocenters. The van der Waals surface area contributed by atoms with Crippen LogP contribution in [0.15, 0.2) is 0 Å². The number of piperidine rings is 1. The molecular formula is C16H25ClN4O2. The number of hydrogen-bond acceptors (Lipinski definition) is 5. The van der Waals surface area contributed by atoms with Crippen LogP contribution in [0.2, 0.25) is 5.15 Å². The van der Waals surface area contributed by atoms with E-state index in [-0.39, 0.29) is 12.1 Å². The van der Waals surface area contributed by atoms with Crippen molar-refractivity contribution in [1.82, 2.24) is 15.5 Å². The van der Waals surface area contributed by atoms with E-state index in [0.717, 1.165) is 42.9 Å². The fourth-order valence-corrected chi connectivity index (χ4v) is 2.75. The third kappa shape index (κ3) is 4.70. The van der Waals surface area contributed by atoms with Gasteiger partial charge in [-0.3, -0.25) is 0 Å². The fraction of sp³-hybridized carbons (Fsp3) is 0.688. The summed E-state index contributed by atoms with van der Waals surface area (Å²) in [5, 5.41) is 11.6. The molecule has 0 aromatic carbocycles. The van der Waals surface area contributed by atoms with E-state index < -0.39 is 5.60 Å². The molecule has 1 amide bonds. The van der Waals surface area contributed by atoms with Gasteiger partial charge in [0.25, 0.3) is 0 Å². The van der Waals surface area contributed by atoms with E-state index >= 15 is 0 Å². The second-order valence-electron chi connectivity index (χ2n) is 6.97. The van der Waals surface area contributed by atoms with Gasteiger partial charge in [0.05, 0.1) is 0 Å². The first-order valence-electron chi connectivity index (χ1n) is 7.91. The monoisotopic (exact) mass is 340 g/mol. The minimum Gasteiger partial charge on any atom is -0.444 e. The number of rotatable bonds is 2. The number of alkyl carbamates (subject to hydrolysis) is 1. The zero-order valence-corrected chi connectivity index (χ0v) is 15.2. The third-order valence-electron chi connectivity index (χ3n) is 3.96. The number of hydrogen-bond donors (Lipinski definition) is 1. The molecule has 0 saturated carbocycles. The summed E-state index contributed by atoms with van der Waals surface area (Å²) in [6, 6.07) is 0.128. The molecule has 128 valence electrons. The predicted molar refractivity (Wildman–Crippen MR) is 91.1 cm³/mol. The molecule has 0 radical (unpaired) electrons. The van der Waals surface area contributed by atoms with Gasteiger partial charge in [-0.2, -0.15) is 0 Å². The van der Waals surface area contributed by atoms with Gasteiger partial charge in [0.1, 0.15) is 5.60 Å². The Morgan fingerprint density at radius 3 is 2.39 bits per heavy atom. The van der Waals surface area contributed by atoms with Gasteiger partial charge in [-0.25, -0.2) is 4.79 Å². The lowest BCUT2D eigenvalue weighted by Crippen LogP contribution is -2.46. The van der Waals surface area contributed by atoms with Crippen LogP contribution >= 0.6 is 11.6 Å². The van der Waals surface area contributed by atoms with Crippen molar-refractivity contribution in [3.05, 3.63) is 16.3 Å². The molecule has 2 heterocycles. The van der Waals surface area contributed by atoms with E-state index in [9.17, 15) is 4.79 Å². The van der Waals surface area contributed by atoms with Crippen molar-refractivity contribution in [2.75, 3.05) is 18.0 Å². The summed E-state index contributed by atoms with van der Waals surface area (Å²) in [7, 11) is 0. The number of ether oxygens (including phenoxy) is 1. The smallest absolute Gasteiger partial charge is 0.407 e. The molecule has 0 unspecified atom stereocenters. The zero-order valence-electron chi connectivity index (χ0n) is 14.4. The summed E-state index contributed by atoms with van der Waals surface area (Å²) in [6.07, 6.45) is 1.35. The fourth-order valence-electron chi connectivity index (χ4n) is 2.57. The summed E-state index contributed by atoms with van der Waals surface area (Å²) in [5.41, 5.74) is 1.55. The van der Waals surface area contributed by atoms with Crippen molar-refractivity contribution >= 4 is 23.5 Å². The maximum absolute atomic E-state index is 11.8. The van der Waals surface area contributed by atoms with E-state index in [1.165, 1.54) is 0 Å². The van der Waals surface area contributed by atoms with E-state index in [2.05, 4.69) is 20.4 Å². The van der Waals surface area contributed by atoms with Crippen molar-refractivity contribution in [3.8, 4) is 0 Å². The average Bonchev–Trinajstić information content (AvgIpc) is 2.44. The first-order chi connectivity index (χ1) is 10.7. The third-order valence-corrected chi connectivity index (χ3v) is 4.31. The van der Waals surface area contributed by atoms with Crippen LogP contribution in [-0.2, 0) is 4.74 Å². The van der Waals surface area contributed by atoms with Crippen LogP contribution in [0.1, 0.15) is 44.7 Å². The topological polar surface area (TPSA) is 67.4 Å². The largest absolute Gasteiger partial charge is 0.444 e. The molecule has 6 nitrogen and oxygen atoms in total. The molecule has 1 aliphatic rings. The van der Waals surface area contributed by atoms with Crippen molar-refractivity contribution in [3.63, 3.8) is 0 Å². The average molecular weight is 341 g/mol. The van der Waals surface area contributed by atoms with Crippen LogP contribution in [0.3, 0.4) is 0 Å². The molecule has 1 aromatic rings. The first kappa shape index (κ1) is 17.8. The van der Waals surface area contributed by atoms with Gasteiger partial charge in [-0.15, -0.1) is 10.2 Å². The molecular weight excluding hydrogens is 316 g/mol. The molecule has 7 heteroatoms. The molecule has 0 aliphatic carbocycles. The number of carbonyl (C=O) groups is 1. The molecule has 2 rings (SSSR count). The quantitative estimate of drug-likeness (QED) is 0.895. The van der Waals surface area contributed by atoms with Gasteiger partial charge >= 0.3 is 6.09 Å². The molecule has 1 aliphatic heterocycles. The van der Waals surface area contributed by atoms with Crippen LogP contribution in [0.25, 0.3) is 0 Å². The minimum absolute atomic E-state index is 0.128. The molecule has 0 bridgehead atoms. The lowest BCUT2D eigenvalue weighted by Gasteiger charge is -2.34. The van der Waals surface area contributed by atoms with Gasteiger partial charge < -0.3 is 15.0 Å². The Balaban J connectivity index is 1.92. The van der Waals surface area contributed by atoms with Crippen molar-refractivity contribution in [2.24, 2.45) is 0 Å². The summed E-state index contributed by atoms with van der Waals surface area (Å²) in [4.78, 5) is 14.0. The van der Waals surface area contributed by atoms with Gasteiger partial charge in [0, 0.05) is 19.1 Å². The van der Waals surface area contributed by atoms with Crippen molar-refractivity contribution in [2.45, 2.75) is 59.1 Å². The zero-order chi connectivity index (χ0) is 17.2. The Bertz CT molecular complexity index is 578. The molecule has 1 aromatic heterocycles. The normalized spacial score (nSPS) is 16.3. The highest BCUT2D eigenvalue weighted by atomic mass is 35.5. The van der Waals surface area contributed by atoms with Gasteiger partial charge in [-0.1, -0.05) is 11.6 Å². The highest BCUT2D eigenvalue weighted by molar-refractivity contribution is 6.30. The van der Waals surface area contributed by atoms with E-state index in [1.807, 2.05) is 34.6 Å². The van der Waals surface area contributed by atoms with Crippen molar-refractivity contribution in [1.29, 1.82) is 0 Å². The Labute approximate surface area is 142 Å². The standard InChI is InChI=1S/C16H25ClN4O2/c1-10-11(2)14(20-19-13(10)17)21-8-6-12(7-9-21)18-15(22)23-16(3,4)5/h12H,6-9H2,1-5H3,(H,18,22). The van der Waals surface area contributed by atoms with E-state index in [0.29, 0.717) is 5.15 Å². The highest BCUT2D eigenvalue weighted by Crippen LogP contribution is 2.26. The number of halogens is 1. The van der Waals surface area contributed by atoms with E-state index in [1.54, 1.807) is 0 Å². The lowest BCUT2D eigenvalue weighted by molar-refractivity contribution is 0.0497. The van der Waals surface area contributed by atoms with Gasteiger partial charge in [-0.05, 0) is 58.6 Å². The van der Waals surface area contributed by atoms with Crippen LogP contribution in [-0.4, -0.2) is 41.0 Å². The van der Waals surface area contributed by atoms with Crippen LogP contribution in [0.4, 0.5) is 10.6 Å². The maximum atomic E-state index is 11.8.